The van der Waals surface area contributed by atoms with Crippen LogP contribution in [0.15, 0.2) is 0 Å². The molecule has 0 fully saturated rings. The quantitative estimate of drug-likeness (QED) is 0.618. The fourth-order valence-corrected chi connectivity index (χ4v) is 0.364. The van der Waals surface area contributed by atoms with E-state index >= 15 is 0 Å². The zero-order valence-corrected chi connectivity index (χ0v) is 5.59. The maximum Gasteiger partial charge on any atom is 0.405 e. The number of carboxylic acid groups (broad SMARTS) is 1. The van der Waals surface area contributed by atoms with Gasteiger partial charge in [0.1, 0.15) is 0 Å². The van der Waals surface area contributed by atoms with Crippen molar-refractivity contribution < 1.29 is 9.90 Å². The van der Waals surface area contributed by atoms with Crippen LogP contribution >= 0.6 is 25.3 Å². The zero-order chi connectivity index (χ0) is 6.57. The van der Waals surface area contributed by atoms with Gasteiger partial charge in [-0.2, -0.15) is 0 Å². The topological polar surface area (TPSA) is 49.3 Å². The van der Waals surface area contributed by atoms with Crippen molar-refractivity contribution in [2.75, 3.05) is 5.75 Å². The molecule has 0 heterocycles. The smallest absolute Gasteiger partial charge is 0.405 e. The molecule has 46 valence electrons. The summed E-state index contributed by atoms with van der Waals surface area (Å²) in [4.78, 5) is 9.74. The fourth-order valence-electron chi connectivity index (χ4n) is 0.179. The van der Waals surface area contributed by atoms with Crippen molar-refractivity contribution in [1.29, 1.82) is 0 Å². The molecule has 2 N–H and O–H groups in total. The van der Waals surface area contributed by atoms with Crippen molar-refractivity contribution in [2.45, 2.75) is 5.37 Å². The van der Waals surface area contributed by atoms with Gasteiger partial charge in [0.05, 0.1) is 5.37 Å². The molecule has 1 atom stereocenters. The molecule has 8 heavy (non-hydrogen) atoms. The summed E-state index contributed by atoms with van der Waals surface area (Å²) in [5.41, 5.74) is 0. The monoisotopic (exact) mass is 151 g/mol. The van der Waals surface area contributed by atoms with E-state index in [4.69, 9.17) is 5.11 Å². The number of carbonyl (C=O) groups is 1. The van der Waals surface area contributed by atoms with Crippen molar-refractivity contribution in [3.05, 3.63) is 0 Å². The maximum absolute atomic E-state index is 9.74. The van der Waals surface area contributed by atoms with Crippen LogP contribution in [-0.2, 0) is 0 Å². The average Bonchev–Trinajstić information content (AvgIpc) is 1.65. The molecule has 0 saturated heterocycles. The largest absolute Gasteiger partial charge is 0.465 e. The summed E-state index contributed by atoms with van der Waals surface area (Å²) < 4.78 is 0. The first-order valence-electron chi connectivity index (χ1n) is 1.90. The van der Waals surface area contributed by atoms with E-state index in [0.29, 0.717) is 0 Å². The Hall–Kier alpha value is -0.0300. The Morgan fingerprint density at radius 2 is 2.38 bits per heavy atom. The molecule has 3 nitrogen and oxygen atoms in total. The van der Waals surface area contributed by atoms with Crippen LogP contribution in [0.4, 0.5) is 4.79 Å². The Kier molecular flexibility index (Phi) is 3.90. The minimum Gasteiger partial charge on any atom is -0.465 e. The van der Waals surface area contributed by atoms with Gasteiger partial charge in [-0.25, -0.2) is 4.79 Å². The van der Waals surface area contributed by atoms with Gasteiger partial charge < -0.3 is 10.4 Å². The van der Waals surface area contributed by atoms with Crippen LogP contribution in [-0.4, -0.2) is 22.3 Å². The molecule has 1 unspecified atom stereocenters. The van der Waals surface area contributed by atoms with Gasteiger partial charge in [0.25, 0.3) is 0 Å². The third kappa shape index (κ3) is 4.14. The van der Waals surface area contributed by atoms with Gasteiger partial charge in [-0.15, -0.1) is 0 Å². The van der Waals surface area contributed by atoms with Crippen LogP contribution in [0.3, 0.4) is 0 Å². The third-order valence-corrected chi connectivity index (χ3v) is 1.26. The zero-order valence-electron chi connectivity index (χ0n) is 3.96. The lowest BCUT2D eigenvalue weighted by molar-refractivity contribution is 0.194. The van der Waals surface area contributed by atoms with E-state index in [2.05, 4.69) is 25.3 Å². The Bertz CT molecular complexity index is 87.4. The van der Waals surface area contributed by atoms with E-state index in [1.165, 1.54) is 0 Å². The van der Waals surface area contributed by atoms with E-state index in [9.17, 15) is 4.79 Å². The minimum atomic E-state index is -1.12. The molecule has 0 aromatic rings. The summed E-state index contributed by atoms with van der Waals surface area (Å²) >= 11 is 8.98. The number of amides is 1. The summed E-state index contributed by atoms with van der Waals surface area (Å²) in [5, 5.41) is 9.49. The van der Waals surface area contributed by atoms with Crippen molar-refractivity contribution >= 4 is 31.4 Å². The second kappa shape index (κ2) is 3.91. The molecule has 0 aromatic carbocycles. The van der Waals surface area contributed by atoms with Crippen molar-refractivity contribution in [3.63, 3.8) is 0 Å². The lowest BCUT2D eigenvalue weighted by Gasteiger charge is -2.02. The van der Waals surface area contributed by atoms with Crippen LogP contribution in [0, 0.1) is 0 Å². The van der Waals surface area contributed by atoms with Crippen molar-refractivity contribution in [1.82, 2.24) is 5.32 Å². The minimum absolute atomic E-state index is 0.238. The van der Waals surface area contributed by atoms with Gasteiger partial charge in [-0.1, -0.05) is 25.3 Å². The average molecular weight is 151 g/mol. The standard InChI is InChI=1S/C3H5NO2S2/c5-3(6)4-2(8)1-7/h2,4H,1H2,(H,5,6). The van der Waals surface area contributed by atoms with Gasteiger partial charge in [0.2, 0.25) is 0 Å². The number of rotatable bonds is 2. The van der Waals surface area contributed by atoms with E-state index < -0.39 is 11.5 Å². The van der Waals surface area contributed by atoms with Gasteiger partial charge >= 0.3 is 6.09 Å². The highest BCUT2D eigenvalue weighted by atomic mass is 32.1. The molecule has 0 aliphatic carbocycles. The first-order valence-corrected chi connectivity index (χ1v) is 2.95. The summed E-state index contributed by atoms with van der Waals surface area (Å²) in [6.07, 6.45) is -1.12. The fraction of sp³-hybridized carbons (Fsp3) is 0.667. The Balaban J connectivity index is 3.24. The van der Waals surface area contributed by atoms with Crippen LogP contribution in [0.2, 0.25) is 0 Å². The van der Waals surface area contributed by atoms with E-state index in [0.717, 1.165) is 0 Å². The molecule has 2 radical (unpaired) electrons. The van der Waals surface area contributed by atoms with Gasteiger partial charge in [0, 0.05) is 5.75 Å². The lowest BCUT2D eigenvalue weighted by atomic mass is 10.7. The van der Waals surface area contributed by atoms with Crippen molar-refractivity contribution in [3.8, 4) is 0 Å². The second-order valence-electron chi connectivity index (χ2n) is 1.10. The van der Waals surface area contributed by atoms with Crippen LogP contribution < -0.4 is 5.32 Å². The summed E-state index contributed by atoms with van der Waals surface area (Å²) in [6, 6.07) is 0. The molecule has 0 aliphatic heterocycles. The molecule has 0 aromatic heterocycles. The molecule has 5 heteroatoms. The summed E-state index contributed by atoms with van der Waals surface area (Å²) in [7, 11) is 0. The molecular formula is C3H5NO2S2. The predicted octanol–water partition coefficient (Wildman–Crippen LogP) is 0.975. The highest BCUT2D eigenvalue weighted by Crippen LogP contribution is 1.90. The Labute approximate surface area is 58.3 Å². The summed E-state index contributed by atoms with van der Waals surface area (Å²) in [6.45, 7) is 0. The lowest BCUT2D eigenvalue weighted by Crippen LogP contribution is -2.30. The SMILES string of the molecule is O=C(O)NC([S])C[S]. The van der Waals surface area contributed by atoms with Crippen LogP contribution in [0.1, 0.15) is 0 Å². The van der Waals surface area contributed by atoms with Crippen LogP contribution in [0.25, 0.3) is 0 Å². The van der Waals surface area contributed by atoms with E-state index in [1.54, 1.807) is 0 Å². The third-order valence-electron chi connectivity index (χ3n) is 0.436. The molecule has 0 aliphatic rings. The first kappa shape index (κ1) is 7.97. The highest BCUT2D eigenvalue weighted by molar-refractivity contribution is 7.84. The molecule has 0 spiro atoms. The molecule has 0 bridgehead atoms. The van der Waals surface area contributed by atoms with Crippen molar-refractivity contribution in [2.24, 2.45) is 0 Å². The van der Waals surface area contributed by atoms with Gasteiger partial charge in [-0.3, -0.25) is 0 Å². The molecule has 1 amide bonds. The molecule has 0 saturated carbocycles. The second-order valence-corrected chi connectivity index (χ2v) is 2.01. The number of nitrogens with one attached hydrogen (secondary N) is 1. The predicted molar refractivity (Wildman–Crippen MR) is 35.0 cm³/mol. The number of hydrogen-bond donors (Lipinski definition) is 2. The molecule has 0 rings (SSSR count). The molecular weight excluding hydrogens is 146 g/mol. The van der Waals surface area contributed by atoms with Gasteiger partial charge in [0.15, 0.2) is 0 Å². The Morgan fingerprint density at radius 3 is 2.50 bits per heavy atom. The Morgan fingerprint density at radius 1 is 1.88 bits per heavy atom. The first-order chi connectivity index (χ1) is 3.66. The highest BCUT2D eigenvalue weighted by Gasteiger charge is 2.02. The van der Waals surface area contributed by atoms with E-state index in [1.807, 2.05) is 5.32 Å². The normalized spacial score (nSPS) is 12.8. The van der Waals surface area contributed by atoms with Crippen LogP contribution in [0.5, 0.6) is 0 Å². The van der Waals surface area contributed by atoms with Gasteiger partial charge in [-0.05, 0) is 0 Å². The van der Waals surface area contributed by atoms with E-state index in [-0.39, 0.29) is 5.75 Å². The summed E-state index contributed by atoms with van der Waals surface area (Å²) in [5.74, 6) is 0.238. The number of hydrogen-bond acceptors (Lipinski definition) is 1. The maximum atomic E-state index is 9.74.